The second-order valence-electron chi connectivity index (χ2n) is 4.27. The van der Waals surface area contributed by atoms with Gasteiger partial charge in [0.05, 0.1) is 6.04 Å². The van der Waals surface area contributed by atoms with Crippen LogP contribution in [0.3, 0.4) is 0 Å². The van der Waals surface area contributed by atoms with Crippen LogP contribution < -0.4 is 5.73 Å². The largest absolute Gasteiger partial charge is 0.463 e. The van der Waals surface area contributed by atoms with E-state index >= 15 is 0 Å². The topological polar surface area (TPSA) is 47.6 Å². The minimum Gasteiger partial charge on any atom is -0.463 e. The zero-order valence-electron chi connectivity index (χ0n) is 9.49. The van der Waals surface area contributed by atoms with E-state index in [1.165, 1.54) is 12.1 Å². The Morgan fingerprint density at radius 3 is 2.59 bits per heavy atom. The molecule has 0 saturated carbocycles. The lowest BCUT2D eigenvalue weighted by molar-refractivity contribution is 0.303. The molecule has 0 fully saturated rings. The summed E-state index contributed by atoms with van der Waals surface area (Å²) in [5.41, 5.74) is 6.02. The highest BCUT2D eigenvalue weighted by Crippen LogP contribution is 2.24. The Morgan fingerprint density at radius 1 is 1.41 bits per heavy atom. The summed E-state index contributed by atoms with van der Waals surface area (Å²) < 4.78 is 31.1. The lowest BCUT2D eigenvalue weighted by atomic mass is 9.94. The molecule has 1 aliphatic rings. The van der Waals surface area contributed by atoms with Gasteiger partial charge in [0.25, 0.3) is 6.02 Å². The van der Waals surface area contributed by atoms with Gasteiger partial charge in [-0.15, -0.1) is 0 Å². The van der Waals surface area contributed by atoms with Crippen molar-refractivity contribution in [1.29, 1.82) is 0 Å². The third kappa shape index (κ3) is 2.93. The van der Waals surface area contributed by atoms with Crippen molar-refractivity contribution >= 4 is 6.02 Å². The first kappa shape index (κ1) is 11.8. The van der Waals surface area contributed by atoms with Gasteiger partial charge >= 0.3 is 0 Å². The van der Waals surface area contributed by atoms with Crippen LogP contribution in [-0.4, -0.2) is 18.7 Å². The Morgan fingerprint density at radius 2 is 2.06 bits per heavy atom. The highest BCUT2D eigenvalue weighted by molar-refractivity contribution is 5.73. The number of nitrogens with zero attached hydrogens (tertiary/aromatic N) is 1. The van der Waals surface area contributed by atoms with E-state index in [4.69, 9.17) is 10.5 Å². The van der Waals surface area contributed by atoms with Crippen LogP contribution in [0.2, 0.25) is 0 Å². The number of halogens is 2. The minimum atomic E-state index is -0.558. The van der Waals surface area contributed by atoms with Crippen LogP contribution in [0.4, 0.5) is 8.78 Å². The lowest BCUT2D eigenvalue weighted by Crippen LogP contribution is -2.11. The zero-order valence-corrected chi connectivity index (χ0v) is 9.49. The van der Waals surface area contributed by atoms with E-state index in [0.717, 1.165) is 6.07 Å². The van der Waals surface area contributed by atoms with Gasteiger partial charge in [0.15, 0.2) is 0 Å². The molecule has 0 radical (unpaired) electrons. The Kier molecular flexibility index (Phi) is 3.26. The number of hydrogen-bond acceptors (Lipinski definition) is 3. The zero-order chi connectivity index (χ0) is 12.4. The molecule has 0 bridgehead atoms. The molecule has 2 unspecified atom stereocenters. The molecule has 0 aromatic heterocycles. The molecule has 5 heteroatoms. The van der Waals surface area contributed by atoms with Gasteiger partial charge in [-0.1, -0.05) is 6.92 Å². The molecule has 17 heavy (non-hydrogen) atoms. The minimum absolute atomic E-state index is 0.00319. The molecule has 1 aromatic rings. The van der Waals surface area contributed by atoms with Gasteiger partial charge in [0, 0.05) is 6.07 Å². The van der Waals surface area contributed by atoms with E-state index < -0.39 is 11.6 Å². The summed E-state index contributed by atoms with van der Waals surface area (Å²) in [6, 6.07) is 3.71. The van der Waals surface area contributed by atoms with E-state index in [1.54, 1.807) is 0 Å². The molecule has 0 aliphatic carbocycles. The van der Waals surface area contributed by atoms with Crippen molar-refractivity contribution < 1.29 is 13.5 Å². The van der Waals surface area contributed by atoms with Crippen LogP contribution in [0, 0.1) is 11.6 Å². The summed E-state index contributed by atoms with van der Waals surface area (Å²) in [5, 5.41) is 0. The number of ether oxygens (including phenoxy) is 1. The summed E-state index contributed by atoms with van der Waals surface area (Å²) >= 11 is 0. The Hall–Kier alpha value is -1.65. The van der Waals surface area contributed by atoms with E-state index in [2.05, 4.69) is 4.99 Å². The van der Waals surface area contributed by atoms with Crippen LogP contribution in [0.15, 0.2) is 23.2 Å². The van der Waals surface area contributed by atoms with Crippen molar-refractivity contribution in [3.63, 3.8) is 0 Å². The lowest BCUT2D eigenvalue weighted by Gasteiger charge is -2.14. The van der Waals surface area contributed by atoms with Crippen molar-refractivity contribution in [2.75, 3.05) is 6.61 Å². The summed E-state index contributed by atoms with van der Waals surface area (Å²) in [6.07, 6.45) is 0.656. The van der Waals surface area contributed by atoms with E-state index in [9.17, 15) is 8.78 Å². The molecular weight excluding hydrogens is 226 g/mol. The maximum absolute atomic E-state index is 13.1. The van der Waals surface area contributed by atoms with Crippen LogP contribution in [0.25, 0.3) is 0 Å². The van der Waals surface area contributed by atoms with Gasteiger partial charge in [-0.05, 0) is 30.0 Å². The van der Waals surface area contributed by atoms with Crippen LogP contribution in [0.1, 0.15) is 24.8 Å². The molecule has 3 nitrogen and oxygen atoms in total. The van der Waals surface area contributed by atoms with Gasteiger partial charge < -0.3 is 10.5 Å². The first-order valence-corrected chi connectivity index (χ1v) is 5.46. The molecule has 2 rings (SSSR count). The highest BCUT2D eigenvalue weighted by Gasteiger charge is 2.20. The molecule has 2 atom stereocenters. The maximum Gasteiger partial charge on any atom is 0.282 e. The normalized spacial score (nSPS) is 20.9. The average molecular weight is 240 g/mol. The van der Waals surface area contributed by atoms with Gasteiger partial charge in [0.2, 0.25) is 0 Å². The Balaban J connectivity index is 2.06. The number of aliphatic imine (C=N–C) groups is 1. The summed E-state index contributed by atoms with van der Waals surface area (Å²) in [7, 11) is 0. The number of nitrogens with two attached hydrogens (primary N) is 1. The van der Waals surface area contributed by atoms with Crippen LogP contribution in [-0.2, 0) is 4.74 Å². The van der Waals surface area contributed by atoms with Crippen LogP contribution in [0.5, 0.6) is 0 Å². The third-order valence-corrected chi connectivity index (χ3v) is 2.81. The average Bonchev–Trinajstić information content (AvgIpc) is 2.62. The predicted octanol–water partition coefficient (Wildman–Crippen LogP) is 2.17. The molecule has 1 aromatic carbocycles. The first-order chi connectivity index (χ1) is 8.04. The number of hydrogen-bond donors (Lipinski definition) is 1. The summed E-state index contributed by atoms with van der Waals surface area (Å²) in [6.45, 7) is 2.34. The Bertz CT molecular complexity index is 428. The van der Waals surface area contributed by atoms with E-state index in [-0.39, 0.29) is 18.0 Å². The summed E-state index contributed by atoms with van der Waals surface area (Å²) in [4.78, 5) is 4.08. The van der Waals surface area contributed by atoms with Gasteiger partial charge in [-0.3, -0.25) is 0 Å². The van der Waals surface area contributed by atoms with Crippen molar-refractivity contribution in [3.8, 4) is 0 Å². The maximum atomic E-state index is 13.1. The molecular formula is C12H14F2N2O. The van der Waals surface area contributed by atoms with E-state index in [0.29, 0.717) is 18.6 Å². The summed E-state index contributed by atoms with van der Waals surface area (Å²) in [5.74, 6) is -1.11. The van der Waals surface area contributed by atoms with Gasteiger partial charge in [-0.2, -0.15) is 0 Å². The van der Waals surface area contributed by atoms with Crippen molar-refractivity contribution in [2.24, 2.45) is 10.7 Å². The standard InChI is InChI=1S/C12H14F2N2O/c1-7(2-11-6-17-12(15)16-11)8-3-9(13)5-10(14)4-8/h3-5,7,11H,2,6H2,1H3,(H2,15,16). The predicted molar refractivity (Wildman–Crippen MR) is 60.8 cm³/mol. The number of amidine groups is 1. The van der Waals surface area contributed by atoms with Crippen molar-refractivity contribution in [3.05, 3.63) is 35.4 Å². The highest BCUT2D eigenvalue weighted by atomic mass is 19.1. The van der Waals surface area contributed by atoms with Gasteiger partial charge in [-0.25, -0.2) is 13.8 Å². The number of benzene rings is 1. The number of rotatable bonds is 3. The fourth-order valence-corrected chi connectivity index (χ4v) is 1.96. The van der Waals surface area contributed by atoms with E-state index in [1.807, 2.05) is 6.92 Å². The third-order valence-electron chi connectivity index (χ3n) is 2.81. The van der Waals surface area contributed by atoms with Crippen LogP contribution >= 0.6 is 0 Å². The Labute approximate surface area is 98.3 Å². The fraction of sp³-hybridized carbons (Fsp3) is 0.417. The quantitative estimate of drug-likeness (QED) is 0.880. The second-order valence-corrected chi connectivity index (χ2v) is 4.27. The SMILES string of the molecule is CC(CC1COC(N)=N1)c1cc(F)cc(F)c1. The molecule has 92 valence electrons. The molecule has 1 aliphatic heterocycles. The molecule has 0 amide bonds. The first-order valence-electron chi connectivity index (χ1n) is 5.46. The van der Waals surface area contributed by atoms with Crippen molar-refractivity contribution in [2.45, 2.75) is 25.3 Å². The smallest absolute Gasteiger partial charge is 0.282 e. The van der Waals surface area contributed by atoms with Gasteiger partial charge in [0.1, 0.15) is 18.2 Å². The molecule has 0 spiro atoms. The molecule has 2 N–H and O–H groups in total. The molecule has 1 heterocycles. The molecule has 0 saturated heterocycles. The fourth-order valence-electron chi connectivity index (χ4n) is 1.96. The van der Waals surface area contributed by atoms with Crippen molar-refractivity contribution in [1.82, 2.24) is 0 Å². The second kappa shape index (κ2) is 4.69. The monoisotopic (exact) mass is 240 g/mol.